The lowest BCUT2D eigenvalue weighted by molar-refractivity contribution is -0.122. The standard InChI is InChI=1S/C26H19Cl2FN2O4S/c1-2-31-24(32)22(36-26(31)30-19-9-5-17(6-10-19)25(33)34)13-16-11-20(27)23(21(28)12-16)35-14-15-3-7-18(29)8-4-15/h3-13H,2,14H2,1H3,(H,33,34)/b22-13-,30-26?. The highest BCUT2D eigenvalue weighted by Crippen LogP contribution is 2.38. The fourth-order valence-corrected chi connectivity index (χ4v) is 5.02. The molecule has 3 aromatic rings. The Hall–Kier alpha value is -3.33. The third kappa shape index (κ3) is 5.90. The smallest absolute Gasteiger partial charge is 0.335 e. The number of benzene rings is 3. The number of amides is 1. The van der Waals surface area contributed by atoms with Crippen molar-refractivity contribution in [2.45, 2.75) is 13.5 Å². The lowest BCUT2D eigenvalue weighted by atomic mass is 10.2. The van der Waals surface area contributed by atoms with Crippen molar-refractivity contribution >= 4 is 63.8 Å². The van der Waals surface area contributed by atoms with Crippen LogP contribution in [0.15, 0.2) is 70.6 Å². The van der Waals surface area contributed by atoms with Gasteiger partial charge in [0.25, 0.3) is 5.91 Å². The van der Waals surface area contributed by atoms with E-state index in [2.05, 4.69) is 4.99 Å². The number of ether oxygens (including phenoxy) is 1. The molecule has 184 valence electrons. The van der Waals surface area contributed by atoms with E-state index in [1.807, 2.05) is 6.92 Å². The number of carbonyl (C=O) groups is 2. The second-order valence-electron chi connectivity index (χ2n) is 7.64. The van der Waals surface area contributed by atoms with E-state index in [9.17, 15) is 14.0 Å². The van der Waals surface area contributed by atoms with Gasteiger partial charge in [0.2, 0.25) is 0 Å². The summed E-state index contributed by atoms with van der Waals surface area (Å²) in [4.78, 5) is 30.5. The van der Waals surface area contributed by atoms with Gasteiger partial charge in [-0.1, -0.05) is 35.3 Å². The lowest BCUT2D eigenvalue weighted by Crippen LogP contribution is -2.28. The van der Waals surface area contributed by atoms with E-state index in [1.165, 1.54) is 40.9 Å². The molecule has 1 aliphatic rings. The molecule has 1 heterocycles. The number of amidine groups is 1. The monoisotopic (exact) mass is 544 g/mol. The molecule has 0 aliphatic carbocycles. The quantitative estimate of drug-likeness (QED) is 0.323. The summed E-state index contributed by atoms with van der Waals surface area (Å²) in [5.74, 6) is -1.29. The van der Waals surface area contributed by atoms with Crippen LogP contribution in [0, 0.1) is 5.82 Å². The SMILES string of the molecule is CCN1C(=O)/C(=C/c2cc(Cl)c(OCc3ccc(F)cc3)c(Cl)c2)SC1=Nc1ccc(C(=O)O)cc1. The van der Waals surface area contributed by atoms with Crippen molar-refractivity contribution in [1.82, 2.24) is 4.90 Å². The minimum absolute atomic E-state index is 0.154. The second-order valence-corrected chi connectivity index (χ2v) is 9.46. The largest absolute Gasteiger partial charge is 0.486 e. The van der Waals surface area contributed by atoms with Crippen LogP contribution in [0.3, 0.4) is 0 Å². The maximum atomic E-state index is 13.1. The topological polar surface area (TPSA) is 79.2 Å². The molecule has 1 fully saturated rings. The maximum Gasteiger partial charge on any atom is 0.335 e. The van der Waals surface area contributed by atoms with Crippen molar-refractivity contribution in [2.75, 3.05) is 6.54 Å². The molecule has 1 N–H and O–H groups in total. The zero-order valence-corrected chi connectivity index (χ0v) is 21.2. The van der Waals surface area contributed by atoms with Gasteiger partial charge in [-0.25, -0.2) is 14.2 Å². The molecule has 10 heteroatoms. The molecule has 3 aromatic carbocycles. The number of carbonyl (C=O) groups excluding carboxylic acids is 1. The highest BCUT2D eigenvalue weighted by Gasteiger charge is 2.32. The van der Waals surface area contributed by atoms with Crippen molar-refractivity contribution in [1.29, 1.82) is 0 Å². The molecule has 0 unspecified atom stereocenters. The number of aliphatic imine (C=N–C) groups is 1. The lowest BCUT2D eigenvalue weighted by Gasteiger charge is -2.12. The van der Waals surface area contributed by atoms with Crippen LogP contribution in [0.25, 0.3) is 6.08 Å². The van der Waals surface area contributed by atoms with E-state index < -0.39 is 5.97 Å². The van der Waals surface area contributed by atoms with Crippen molar-refractivity contribution < 1.29 is 23.8 Å². The molecule has 6 nitrogen and oxygen atoms in total. The van der Waals surface area contributed by atoms with E-state index in [4.69, 9.17) is 33.0 Å². The fourth-order valence-electron chi connectivity index (χ4n) is 3.35. The number of thioether (sulfide) groups is 1. The number of carboxylic acids is 1. The molecule has 0 bridgehead atoms. The van der Waals surface area contributed by atoms with E-state index in [-0.39, 0.29) is 39.7 Å². The van der Waals surface area contributed by atoms with Crippen molar-refractivity contribution in [3.63, 3.8) is 0 Å². The summed E-state index contributed by atoms with van der Waals surface area (Å²) in [6.45, 7) is 2.41. The molecule has 0 atom stereocenters. The molecular weight excluding hydrogens is 526 g/mol. The predicted octanol–water partition coefficient (Wildman–Crippen LogP) is 7.03. The van der Waals surface area contributed by atoms with Gasteiger partial charge in [0.15, 0.2) is 10.9 Å². The maximum absolute atomic E-state index is 13.1. The van der Waals surface area contributed by atoms with Gasteiger partial charge in [-0.3, -0.25) is 9.69 Å². The molecule has 4 rings (SSSR count). The Kier molecular flexibility index (Phi) is 7.98. The van der Waals surface area contributed by atoms with Crippen LogP contribution in [0.1, 0.15) is 28.4 Å². The number of aromatic carboxylic acids is 1. The van der Waals surface area contributed by atoms with Gasteiger partial charge in [-0.2, -0.15) is 0 Å². The Labute approximate surface area is 221 Å². The summed E-state index contributed by atoms with van der Waals surface area (Å²) in [5.41, 5.74) is 2.05. The number of nitrogens with zero attached hydrogens (tertiary/aromatic N) is 2. The summed E-state index contributed by atoms with van der Waals surface area (Å²) in [5, 5.41) is 10.1. The van der Waals surface area contributed by atoms with E-state index >= 15 is 0 Å². The zero-order valence-electron chi connectivity index (χ0n) is 18.9. The third-order valence-electron chi connectivity index (χ3n) is 5.16. The summed E-state index contributed by atoms with van der Waals surface area (Å²) >= 11 is 14.0. The van der Waals surface area contributed by atoms with Gasteiger partial charge < -0.3 is 9.84 Å². The second kappa shape index (κ2) is 11.2. The van der Waals surface area contributed by atoms with Crippen LogP contribution in [0.2, 0.25) is 10.0 Å². The Morgan fingerprint density at radius 2 is 1.75 bits per heavy atom. The van der Waals surface area contributed by atoms with Crippen LogP contribution in [0.5, 0.6) is 5.75 Å². The first-order chi connectivity index (χ1) is 17.2. The first kappa shape index (κ1) is 25.8. The first-order valence-corrected chi connectivity index (χ1v) is 12.3. The van der Waals surface area contributed by atoms with Gasteiger partial charge >= 0.3 is 5.97 Å². The molecule has 0 aromatic heterocycles. The molecule has 1 aliphatic heterocycles. The fraction of sp³-hybridized carbons (Fsp3) is 0.115. The van der Waals surface area contributed by atoms with E-state index in [0.717, 1.165) is 5.56 Å². The Balaban J connectivity index is 1.54. The summed E-state index contributed by atoms with van der Waals surface area (Å²) in [7, 11) is 0. The highest BCUT2D eigenvalue weighted by atomic mass is 35.5. The Bertz CT molecular complexity index is 1350. The normalized spacial score (nSPS) is 15.7. The number of halogens is 3. The van der Waals surface area contributed by atoms with Crippen molar-refractivity contribution in [3.8, 4) is 5.75 Å². The Morgan fingerprint density at radius 1 is 1.11 bits per heavy atom. The summed E-state index contributed by atoms with van der Waals surface area (Å²) in [6, 6.07) is 15.3. The van der Waals surface area contributed by atoms with Gasteiger partial charge in [0, 0.05) is 6.54 Å². The van der Waals surface area contributed by atoms with E-state index in [0.29, 0.717) is 27.9 Å². The molecule has 0 saturated carbocycles. The van der Waals surface area contributed by atoms with Crippen LogP contribution >= 0.6 is 35.0 Å². The average molecular weight is 545 g/mol. The summed E-state index contributed by atoms with van der Waals surface area (Å²) < 4.78 is 18.8. The number of carboxylic acid groups (broad SMARTS) is 1. The number of hydrogen-bond acceptors (Lipinski definition) is 5. The van der Waals surface area contributed by atoms with Crippen molar-refractivity contribution in [3.05, 3.63) is 98.1 Å². The molecule has 36 heavy (non-hydrogen) atoms. The van der Waals surface area contributed by atoms with Gasteiger partial charge in [0.05, 0.1) is 26.2 Å². The molecule has 1 saturated heterocycles. The summed E-state index contributed by atoms with van der Waals surface area (Å²) in [6.07, 6.45) is 1.67. The Morgan fingerprint density at radius 3 is 2.33 bits per heavy atom. The van der Waals surface area contributed by atoms with Crippen molar-refractivity contribution in [2.24, 2.45) is 4.99 Å². The number of rotatable bonds is 7. The molecule has 0 spiro atoms. The van der Waals surface area contributed by atoms with Crippen LogP contribution in [-0.2, 0) is 11.4 Å². The number of likely N-dealkylation sites (N-methyl/N-ethyl adjacent to an activating group) is 1. The average Bonchev–Trinajstić information content (AvgIpc) is 3.13. The highest BCUT2D eigenvalue weighted by molar-refractivity contribution is 8.18. The van der Waals surface area contributed by atoms with E-state index in [1.54, 1.807) is 42.5 Å². The zero-order chi connectivity index (χ0) is 25.8. The van der Waals surface area contributed by atoms with Gasteiger partial charge in [-0.15, -0.1) is 0 Å². The van der Waals surface area contributed by atoms with Gasteiger partial charge in [0.1, 0.15) is 12.4 Å². The molecular formula is C26H19Cl2FN2O4S. The first-order valence-electron chi connectivity index (χ1n) is 10.7. The van der Waals surface area contributed by atoms with Crippen LogP contribution in [-0.4, -0.2) is 33.6 Å². The van der Waals surface area contributed by atoms with Crippen LogP contribution in [0.4, 0.5) is 10.1 Å². The predicted molar refractivity (Wildman–Crippen MR) is 141 cm³/mol. The van der Waals surface area contributed by atoms with Crippen LogP contribution < -0.4 is 4.74 Å². The molecule has 1 amide bonds. The minimum atomic E-state index is -1.02. The number of hydrogen-bond donors (Lipinski definition) is 1. The minimum Gasteiger partial charge on any atom is -0.486 e. The third-order valence-corrected chi connectivity index (χ3v) is 6.73. The molecule has 0 radical (unpaired) electrons. The van der Waals surface area contributed by atoms with Gasteiger partial charge in [-0.05, 0) is 84.4 Å².